The quantitative estimate of drug-likeness (QED) is 0.362. The molecule has 0 fully saturated rings. The SMILES string of the molecule is CC(N)(C=O)C(=O)CCC(N)C(=O)O. The molecule has 0 radical (unpaired) electrons. The molecular formula is C8H14N2O4. The summed E-state index contributed by atoms with van der Waals surface area (Å²) in [5.74, 6) is -1.69. The summed E-state index contributed by atoms with van der Waals surface area (Å²) in [6, 6.07) is -1.10. The van der Waals surface area contributed by atoms with E-state index in [1.807, 2.05) is 0 Å². The first-order chi connectivity index (χ1) is 6.31. The number of aldehydes is 1. The van der Waals surface area contributed by atoms with Crippen LogP contribution in [0.5, 0.6) is 0 Å². The van der Waals surface area contributed by atoms with E-state index in [1.54, 1.807) is 0 Å². The zero-order valence-electron chi connectivity index (χ0n) is 7.90. The zero-order chi connectivity index (χ0) is 11.4. The summed E-state index contributed by atoms with van der Waals surface area (Å²) in [7, 11) is 0. The number of carbonyl (C=O) groups excluding carboxylic acids is 2. The van der Waals surface area contributed by atoms with E-state index in [0.29, 0.717) is 6.29 Å². The van der Waals surface area contributed by atoms with Gasteiger partial charge < -0.3 is 21.4 Å². The highest BCUT2D eigenvalue weighted by Crippen LogP contribution is 2.05. The van der Waals surface area contributed by atoms with Crippen molar-refractivity contribution in [3.8, 4) is 0 Å². The molecule has 0 saturated heterocycles. The molecule has 2 atom stereocenters. The minimum absolute atomic E-state index is 0.0191. The molecule has 2 unspecified atom stereocenters. The van der Waals surface area contributed by atoms with Gasteiger partial charge in [0.1, 0.15) is 17.9 Å². The summed E-state index contributed by atoms with van der Waals surface area (Å²) in [5, 5.41) is 8.42. The molecule has 6 nitrogen and oxygen atoms in total. The van der Waals surface area contributed by atoms with Crippen LogP contribution in [0.15, 0.2) is 0 Å². The molecule has 0 spiro atoms. The Morgan fingerprint density at radius 3 is 2.43 bits per heavy atom. The highest BCUT2D eigenvalue weighted by atomic mass is 16.4. The van der Waals surface area contributed by atoms with Crippen LogP contribution in [0.2, 0.25) is 0 Å². The monoisotopic (exact) mass is 202 g/mol. The third-order valence-corrected chi connectivity index (χ3v) is 1.85. The summed E-state index contributed by atoms with van der Waals surface area (Å²) in [5.41, 5.74) is 8.94. The second-order valence-electron chi connectivity index (χ2n) is 3.31. The van der Waals surface area contributed by atoms with E-state index in [2.05, 4.69) is 0 Å². The fraction of sp³-hybridized carbons (Fsp3) is 0.625. The molecule has 0 amide bonds. The van der Waals surface area contributed by atoms with Crippen molar-refractivity contribution in [2.75, 3.05) is 0 Å². The number of hydrogen-bond donors (Lipinski definition) is 3. The van der Waals surface area contributed by atoms with Gasteiger partial charge in [-0.1, -0.05) is 0 Å². The molecule has 0 aliphatic heterocycles. The Morgan fingerprint density at radius 2 is 2.07 bits per heavy atom. The largest absolute Gasteiger partial charge is 0.480 e. The lowest BCUT2D eigenvalue weighted by atomic mass is 9.95. The molecule has 14 heavy (non-hydrogen) atoms. The van der Waals surface area contributed by atoms with Crippen LogP contribution in [0.25, 0.3) is 0 Å². The van der Waals surface area contributed by atoms with Crippen molar-refractivity contribution >= 4 is 18.0 Å². The molecule has 0 aromatic rings. The molecule has 0 aromatic heterocycles. The third-order valence-electron chi connectivity index (χ3n) is 1.85. The number of Topliss-reactive ketones (excluding diaryl/α,β-unsaturated/α-hetero) is 1. The fourth-order valence-electron chi connectivity index (χ4n) is 0.745. The van der Waals surface area contributed by atoms with Crippen molar-refractivity contribution in [3.05, 3.63) is 0 Å². The van der Waals surface area contributed by atoms with Gasteiger partial charge in [0.2, 0.25) is 0 Å². The predicted molar refractivity (Wildman–Crippen MR) is 48.5 cm³/mol. The number of aliphatic carboxylic acids is 1. The normalized spacial score (nSPS) is 16.8. The molecule has 0 heterocycles. The maximum atomic E-state index is 11.2. The van der Waals surface area contributed by atoms with Crippen molar-refractivity contribution in [1.29, 1.82) is 0 Å². The van der Waals surface area contributed by atoms with Gasteiger partial charge in [0.15, 0.2) is 5.78 Å². The van der Waals surface area contributed by atoms with Crippen molar-refractivity contribution in [2.45, 2.75) is 31.3 Å². The van der Waals surface area contributed by atoms with E-state index in [4.69, 9.17) is 16.6 Å². The fourth-order valence-corrected chi connectivity index (χ4v) is 0.745. The van der Waals surface area contributed by atoms with Crippen molar-refractivity contribution in [3.63, 3.8) is 0 Å². The Bertz CT molecular complexity index is 250. The van der Waals surface area contributed by atoms with Gasteiger partial charge in [-0.15, -0.1) is 0 Å². The van der Waals surface area contributed by atoms with Crippen molar-refractivity contribution < 1.29 is 19.5 Å². The van der Waals surface area contributed by atoms with Crippen LogP contribution in [-0.4, -0.2) is 34.7 Å². The van der Waals surface area contributed by atoms with Gasteiger partial charge in [-0.05, 0) is 13.3 Å². The second-order valence-corrected chi connectivity index (χ2v) is 3.31. The van der Waals surface area contributed by atoms with Crippen LogP contribution in [-0.2, 0) is 14.4 Å². The van der Waals surface area contributed by atoms with Crippen LogP contribution in [0, 0.1) is 0 Å². The Morgan fingerprint density at radius 1 is 1.57 bits per heavy atom. The summed E-state index contributed by atoms with van der Waals surface area (Å²) >= 11 is 0. The minimum atomic E-state index is -1.54. The van der Waals surface area contributed by atoms with Gasteiger partial charge in [0.05, 0.1) is 0 Å². The number of carboxylic acids is 1. The molecular weight excluding hydrogens is 188 g/mol. The highest BCUT2D eigenvalue weighted by Gasteiger charge is 2.27. The summed E-state index contributed by atoms with van der Waals surface area (Å²) in [6.07, 6.45) is 0.204. The molecule has 0 aliphatic carbocycles. The lowest BCUT2D eigenvalue weighted by Gasteiger charge is -2.15. The number of hydrogen-bond acceptors (Lipinski definition) is 5. The molecule has 6 heteroatoms. The maximum Gasteiger partial charge on any atom is 0.320 e. The first kappa shape index (κ1) is 12.7. The average molecular weight is 202 g/mol. The van der Waals surface area contributed by atoms with Crippen LogP contribution < -0.4 is 11.5 Å². The Labute approximate surface area is 81.3 Å². The van der Waals surface area contributed by atoms with E-state index in [-0.39, 0.29) is 12.8 Å². The van der Waals surface area contributed by atoms with Crippen molar-refractivity contribution in [2.24, 2.45) is 11.5 Å². The van der Waals surface area contributed by atoms with Crippen LogP contribution in [0.3, 0.4) is 0 Å². The van der Waals surface area contributed by atoms with E-state index in [1.165, 1.54) is 6.92 Å². The van der Waals surface area contributed by atoms with Gasteiger partial charge in [0, 0.05) is 6.42 Å². The van der Waals surface area contributed by atoms with Crippen molar-refractivity contribution in [1.82, 2.24) is 0 Å². The Kier molecular flexibility index (Phi) is 4.39. The van der Waals surface area contributed by atoms with E-state index < -0.39 is 23.3 Å². The highest BCUT2D eigenvalue weighted by molar-refractivity contribution is 6.02. The molecule has 0 aromatic carbocycles. The minimum Gasteiger partial charge on any atom is -0.480 e. The third kappa shape index (κ3) is 3.63. The number of ketones is 1. The zero-order valence-corrected chi connectivity index (χ0v) is 7.90. The van der Waals surface area contributed by atoms with Gasteiger partial charge in [-0.3, -0.25) is 9.59 Å². The number of carboxylic acid groups (broad SMARTS) is 1. The standard InChI is InChI=1S/C8H14N2O4/c1-8(10,4-11)6(12)3-2-5(9)7(13)14/h4-5H,2-3,9-10H2,1H3,(H,13,14). The number of nitrogens with two attached hydrogens (primary N) is 2. The number of carbonyl (C=O) groups is 3. The van der Waals surface area contributed by atoms with Crippen LogP contribution in [0.4, 0.5) is 0 Å². The topological polar surface area (TPSA) is 123 Å². The Hall–Kier alpha value is -1.27. The molecule has 0 rings (SSSR count). The molecule has 0 bridgehead atoms. The predicted octanol–water partition coefficient (Wildman–Crippen LogP) is -1.34. The van der Waals surface area contributed by atoms with Gasteiger partial charge in [0.25, 0.3) is 0 Å². The van der Waals surface area contributed by atoms with Gasteiger partial charge in [-0.2, -0.15) is 0 Å². The average Bonchev–Trinajstić information content (AvgIpc) is 2.13. The first-order valence-electron chi connectivity index (χ1n) is 4.08. The van der Waals surface area contributed by atoms with E-state index in [9.17, 15) is 14.4 Å². The van der Waals surface area contributed by atoms with Gasteiger partial charge in [-0.25, -0.2) is 0 Å². The first-order valence-corrected chi connectivity index (χ1v) is 4.08. The van der Waals surface area contributed by atoms with E-state index >= 15 is 0 Å². The molecule has 0 aliphatic rings. The van der Waals surface area contributed by atoms with E-state index in [0.717, 1.165) is 0 Å². The molecule has 80 valence electrons. The molecule has 5 N–H and O–H groups in total. The lowest BCUT2D eigenvalue weighted by molar-refractivity contribution is -0.138. The lowest BCUT2D eigenvalue weighted by Crippen LogP contribution is -2.47. The maximum absolute atomic E-state index is 11.2. The van der Waals surface area contributed by atoms with Gasteiger partial charge >= 0.3 is 5.97 Å². The molecule has 0 saturated carbocycles. The summed E-state index contributed by atoms with van der Waals surface area (Å²) in [6.45, 7) is 1.27. The second kappa shape index (κ2) is 4.83. The number of rotatable bonds is 6. The van der Waals surface area contributed by atoms with Crippen LogP contribution >= 0.6 is 0 Å². The van der Waals surface area contributed by atoms with Crippen LogP contribution in [0.1, 0.15) is 19.8 Å². The summed E-state index contributed by atoms with van der Waals surface area (Å²) in [4.78, 5) is 31.9. The summed E-state index contributed by atoms with van der Waals surface area (Å²) < 4.78 is 0. The smallest absolute Gasteiger partial charge is 0.320 e. The Balaban J connectivity index is 4.10.